The van der Waals surface area contributed by atoms with Gasteiger partial charge in [0.2, 0.25) is 0 Å². The average Bonchev–Trinajstić information content (AvgIpc) is 3.00. The van der Waals surface area contributed by atoms with E-state index in [2.05, 4.69) is 20.7 Å². The van der Waals surface area contributed by atoms with Gasteiger partial charge >= 0.3 is 0 Å². The SMILES string of the molecule is CN=C(NCCc1cnn(C)c1)NC1CC1.I. The first-order valence-electron chi connectivity index (χ1n) is 5.72. The third-order valence-corrected chi connectivity index (χ3v) is 2.61. The van der Waals surface area contributed by atoms with Gasteiger partial charge in [-0.15, -0.1) is 24.0 Å². The molecule has 1 aromatic rings. The van der Waals surface area contributed by atoms with Crippen LogP contribution >= 0.6 is 24.0 Å². The van der Waals surface area contributed by atoms with Gasteiger partial charge in [-0.2, -0.15) is 5.10 Å². The molecule has 1 fully saturated rings. The standard InChI is InChI=1S/C11H19N5.HI/c1-12-11(15-10-3-4-10)13-6-5-9-7-14-16(2)8-9;/h7-8,10H,3-6H2,1-2H3,(H2,12,13,15);1H. The van der Waals surface area contributed by atoms with Gasteiger partial charge < -0.3 is 10.6 Å². The van der Waals surface area contributed by atoms with Crippen LogP contribution in [0, 0.1) is 0 Å². The lowest BCUT2D eigenvalue weighted by molar-refractivity contribution is 0.764. The third-order valence-electron chi connectivity index (χ3n) is 2.61. The Kier molecular flexibility index (Phi) is 5.73. The summed E-state index contributed by atoms with van der Waals surface area (Å²) in [4.78, 5) is 4.18. The first-order valence-corrected chi connectivity index (χ1v) is 5.72. The van der Waals surface area contributed by atoms with E-state index in [1.54, 1.807) is 0 Å². The third kappa shape index (κ3) is 4.93. The molecule has 0 aliphatic heterocycles. The van der Waals surface area contributed by atoms with Crippen molar-refractivity contribution >= 4 is 29.9 Å². The number of aliphatic imine (C=N–C) groups is 1. The number of hydrogen-bond donors (Lipinski definition) is 2. The largest absolute Gasteiger partial charge is 0.356 e. The maximum Gasteiger partial charge on any atom is 0.191 e. The van der Waals surface area contributed by atoms with Crippen molar-refractivity contribution in [2.75, 3.05) is 13.6 Å². The Morgan fingerprint density at radius 3 is 2.88 bits per heavy atom. The van der Waals surface area contributed by atoms with Crippen molar-refractivity contribution in [2.24, 2.45) is 12.0 Å². The molecule has 1 aliphatic rings. The molecule has 96 valence electrons. The Balaban J connectivity index is 0.00000144. The molecule has 2 rings (SSSR count). The van der Waals surface area contributed by atoms with Crippen LogP contribution in [-0.2, 0) is 13.5 Å². The summed E-state index contributed by atoms with van der Waals surface area (Å²) >= 11 is 0. The number of aryl methyl sites for hydroxylation is 1. The molecule has 2 N–H and O–H groups in total. The van der Waals surface area contributed by atoms with Crippen LogP contribution < -0.4 is 10.6 Å². The molecule has 0 amide bonds. The predicted molar refractivity (Wildman–Crippen MR) is 79.8 cm³/mol. The first-order chi connectivity index (χ1) is 7.78. The summed E-state index contributed by atoms with van der Waals surface area (Å²) in [6.07, 6.45) is 7.45. The van der Waals surface area contributed by atoms with Gasteiger partial charge in [0.1, 0.15) is 0 Å². The van der Waals surface area contributed by atoms with Gasteiger partial charge in [-0.25, -0.2) is 0 Å². The fraction of sp³-hybridized carbons (Fsp3) is 0.636. The number of hydrogen-bond acceptors (Lipinski definition) is 2. The van der Waals surface area contributed by atoms with E-state index < -0.39 is 0 Å². The predicted octanol–water partition coefficient (Wildman–Crippen LogP) is 0.908. The van der Waals surface area contributed by atoms with Crippen LogP contribution in [0.1, 0.15) is 18.4 Å². The molecule has 5 nitrogen and oxygen atoms in total. The summed E-state index contributed by atoms with van der Waals surface area (Å²) in [6, 6.07) is 0.643. The second-order valence-electron chi connectivity index (χ2n) is 4.19. The molecule has 17 heavy (non-hydrogen) atoms. The van der Waals surface area contributed by atoms with Gasteiger partial charge in [0.05, 0.1) is 6.20 Å². The smallest absolute Gasteiger partial charge is 0.191 e. The van der Waals surface area contributed by atoms with Crippen molar-refractivity contribution in [2.45, 2.75) is 25.3 Å². The van der Waals surface area contributed by atoms with Crippen LogP contribution in [0.4, 0.5) is 0 Å². The summed E-state index contributed by atoms with van der Waals surface area (Å²) in [5.41, 5.74) is 1.25. The number of nitrogens with one attached hydrogen (secondary N) is 2. The molecule has 0 radical (unpaired) electrons. The lowest BCUT2D eigenvalue weighted by Crippen LogP contribution is -2.39. The van der Waals surface area contributed by atoms with Crippen molar-refractivity contribution in [1.29, 1.82) is 0 Å². The zero-order chi connectivity index (χ0) is 11.4. The zero-order valence-electron chi connectivity index (χ0n) is 10.3. The highest BCUT2D eigenvalue weighted by atomic mass is 127. The highest BCUT2D eigenvalue weighted by Gasteiger charge is 2.21. The lowest BCUT2D eigenvalue weighted by Gasteiger charge is -2.10. The van der Waals surface area contributed by atoms with E-state index >= 15 is 0 Å². The average molecular weight is 349 g/mol. The maximum absolute atomic E-state index is 4.18. The van der Waals surface area contributed by atoms with E-state index in [-0.39, 0.29) is 24.0 Å². The van der Waals surface area contributed by atoms with Crippen LogP contribution in [0.3, 0.4) is 0 Å². The molecule has 1 aromatic heterocycles. The first kappa shape index (κ1) is 14.3. The minimum absolute atomic E-state index is 0. The molecule has 1 aliphatic carbocycles. The highest BCUT2D eigenvalue weighted by molar-refractivity contribution is 14.0. The Bertz CT molecular complexity index is 370. The van der Waals surface area contributed by atoms with Crippen LogP contribution in [0.15, 0.2) is 17.4 Å². The number of halogens is 1. The van der Waals surface area contributed by atoms with Crippen LogP contribution in [-0.4, -0.2) is 35.4 Å². The Morgan fingerprint density at radius 2 is 2.35 bits per heavy atom. The van der Waals surface area contributed by atoms with E-state index in [1.807, 2.05) is 31.2 Å². The Hall–Kier alpha value is -0.790. The summed E-state index contributed by atoms with van der Waals surface area (Å²) < 4.78 is 1.83. The van der Waals surface area contributed by atoms with Crippen LogP contribution in [0.2, 0.25) is 0 Å². The molecule has 0 unspecified atom stereocenters. The van der Waals surface area contributed by atoms with E-state index in [0.717, 1.165) is 18.9 Å². The van der Waals surface area contributed by atoms with Gasteiger partial charge in [-0.1, -0.05) is 0 Å². The molecule has 0 bridgehead atoms. The van der Waals surface area contributed by atoms with Crippen LogP contribution in [0.25, 0.3) is 0 Å². The molecule has 0 saturated heterocycles. The molecular formula is C11H20IN5. The molecule has 0 aromatic carbocycles. The molecular weight excluding hydrogens is 329 g/mol. The highest BCUT2D eigenvalue weighted by Crippen LogP contribution is 2.18. The van der Waals surface area contributed by atoms with Crippen molar-refractivity contribution in [1.82, 2.24) is 20.4 Å². The minimum atomic E-state index is 0. The number of guanidine groups is 1. The lowest BCUT2D eigenvalue weighted by atomic mass is 10.2. The van der Waals surface area contributed by atoms with Gasteiger partial charge in [-0.05, 0) is 24.8 Å². The fourth-order valence-corrected chi connectivity index (χ4v) is 1.54. The van der Waals surface area contributed by atoms with Crippen molar-refractivity contribution in [3.8, 4) is 0 Å². The number of aromatic nitrogens is 2. The van der Waals surface area contributed by atoms with E-state index in [4.69, 9.17) is 0 Å². The normalized spacial score (nSPS) is 15.3. The molecule has 0 spiro atoms. The van der Waals surface area contributed by atoms with E-state index in [1.165, 1.54) is 18.4 Å². The van der Waals surface area contributed by atoms with E-state index in [0.29, 0.717) is 6.04 Å². The number of nitrogens with zero attached hydrogens (tertiary/aromatic N) is 3. The van der Waals surface area contributed by atoms with Gasteiger partial charge in [-0.3, -0.25) is 9.67 Å². The van der Waals surface area contributed by atoms with Crippen molar-refractivity contribution < 1.29 is 0 Å². The molecule has 0 atom stereocenters. The summed E-state index contributed by atoms with van der Waals surface area (Å²) in [5, 5.41) is 10.8. The Labute approximate surface area is 119 Å². The quantitative estimate of drug-likeness (QED) is 0.483. The second kappa shape index (κ2) is 6.83. The molecule has 1 heterocycles. The minimum Gasteiger partial charge on any atom is -0.356 e. The Morgan fingerprint density at radius 1 is 1.59 bits per heavy atom. The summed E-state index contributed by atoms with van der Waals surface area (Å²) in [5.74, 6) is 0.909. The second-order valence-corrected chi connectivity index (χ2v) is 4.19. The fourth-order valence-electron chi connectivity index (χ4n) is 1.54. The summed E-state index contributed by atoms with van der Waals surface area (Å²) in [6.45, 7) is 0.887. The van der Waals surface area contributed by atoms with Gasteiger partial charge in [0, 0.05) is 32.9 Å². The number of rotatable bonds is 4. The maximum atomic E-state index is 4.18. The monoisotopic (exact) mass is 349 g/mol. The van der Waals surface area contributed by atoms with Gasteiger partial charge in [0.15, 0.2) is 5.96 Å². The molecule has 6 heteroatoms. The van der Waals surface area contributed by atoms with Crippen molar-refractivity contribution in [3.05, 3.63) is 18.0 Å². The topological polar surface area (TPSA) is 54.2 Å². The molecule has 1 saturated carbocycles. The van der Waals surface area contributed by atoms with E-state index in [9.17, 15) is 0 Å². The zero-order valence-corrected chi connectivity index (χ0v) is 12.6. The van der Waals surface area contributed by atoms with Gasteiger partial charge in [0.25, 0.3) is 0 Å². The van der Waals surface area contributed by atoms with Crippen molar-refractivity contribution in [3.63, 3.8) is 0 Å². The van der Waals surface area contributed by atoms with Crippen LogP contribution in [0.5, 0.6) is 0 Å². The summed E-state index contributed by atoms with van der Waals surface area (Å²) in [7, 11) is 3.74.